The fourth-order valence-electron chi connectivity index (χ4n) is 1.86. The molecule has 1 saturated carbocycles. The number of aliphatic imine (C=N–C) groups is 1. The highest BCUT2D eigenvalue weighted by atomic mass is 79.9. The second-order valence-electron chi connectivity index (χ2n) is 4.88. The number of hydrogen-bond donors (Lipinski definition) is 2. The van der Waals surface area contributed by atoms with Gasteiger partial charge in [-0.2, -0.15) is 8.78 Å². The molecule has 0 atom stereocenters. The Balaban J connectivity index is 1.94. The van der Waals surface area contributed by atoms with Crippen LogP contribution in [-0.4, -0.2) is 26.2 Å². The molecule has 0 spiro atoms. The fraction of sp³-hybridized carbons (Fsp3) is 0.500. The van der Waals surface area contributed by atoms with Crippen molar-refractivity contribution in [3.8, 4) is 5.75 Å². The summed E-state index contributed by atoms with van der Waals surface area (Å²) in [6.07, 6.45) is 2.50. The lowest BCUT2D eigenvalue weighted by Gasteiger charge is -2.14. The molecule has 0 saturated heterocycles. The van der Waals surface area contributed by atoms with Crippen LogP contribution in [0.15, 0.2) is 27.7 Å². The van der Waals surface area contributed by atoms with E-state index in [1.165, 1.54) is 18.9 Å². The number of hydrogen-bond acceptors (Lipinski definition) is 2. The molecule has 0 bridgehead atoms. The van der Waals surface area contributed by atoms with E-state index >= 15 is 0 Å². The van der Waals surface area contributed by atoms with Crippen molar-refractivity contribution in [1.82, 2.24) is 10.6 Å². The van der Waals surface area contributed by atoms with Crippen LogP contribution in [0, 0.1) is 5.92 Å². The highest BCUT2D eigenvalue weighted by molar-refractivity contribution is 9.10. The van der Waals surface area contributed by atoms with Crippen molar-refractivity contribution in [2.24, 2.45) is 10.9 Å². The van der Waals surface area contributed by atoms with E-state index in [-0.39, 0.29) is 5.75 Å². The molecule has 1 aliphatic rings. The first kappa shape index (κ1) is 16.0. The van der Waals surface area contributed by atoms with Crippen molar-refractivity contribution in [2.75, 3.05) is 13.6 Å². The van der Waals surface area contributed by atoms with Gasteiger partial charge in [0.05, 0.1) is 0 Å². The number of ether oxygens (including phenoxy) is 1. The van der Waals surface area contributed by atoms with Crippen LogP contribution in [-0.2, 0) is 6.54 Å². The minimum Gasteiger partial charge on any atom is -0.434 e. The van der Waals surface area contributed by atoms with Crippen LogP contribution in [0.5, 0.6) is 5.75 Å². The van der Waals surface area contributed by atoms with Gasteiger partial charge in [0, 0.05) is 30.2 Å². The quantitative estimate of drug-likeness (QED) is 0.604. The van der Waals surface area contributed by atoms with Gasteiger partial charge in [-0.25, -0.2) is 0 Å². The standard InChI is InChI=1S/C14H18BrF2N3O/c1-18-14(19-7-9-2-3-9)20-8-10-6-11(15)4-5-12(10)21-13(16)17/h4-6,9,13H,2-3,7-8H2,1H3,(H2,18,19,20). The summed E-state index contributed by atoms with van der Waals surface area (Å²) in [5.74, 6) is 1.55. The molecule has 0 aromatic heterocycles. The van der Waals surface area contributed by atoms with E-state index in [0.29, 0.717) is 18.1 Å². The summed E-state index contributed by atoms with van der Waals surface area (Å²) in [6, 6.07) is 4.94. The van der Waals surface area contributed by atoms with Gasteiger partial charge in [-0.05, 0) is 37.0 Å². The van der Waals surface area contributed by atoms with E-state index in [4.69, 9.17) is 0 Å². The Labute approximate surface area is 131 Å². The molecule has 0 aliphatic heterocycles. The van der Waals surface area contributed by atoms with Crippen LogP contribution < -0.4 is 15.4 Å². The van der Waals surface area contributed by atoms with Crippen molar-refractivity contribution in [2.45, 2.75) is 26.0 Å². The summed E-state index contributed by atoms with van der Waals surface area (Å²) >= 11 is 3.33. The van der Waals surface area contributed by atoms with Crippen LogP contribution in [0.2, 0.25) is 0 Å². The first-order valence-electron chi connectivity index (χ1n) is 6.76. The average Bonchev–Trinajstić information content (AvgIpc) is 3.25. The molecule has 2 N–H and O–H groups in total. The van der Waals surface area contributed by atoms with Crippen LogP contribution in [0.25, 0.3) is 0 Å². The predicted octanol–water partition coefficient (Wildman–Crippen LogP) is 3.13. The molecule has 0 heterocycles. The van der Waals surface area contributed by atoms with Crippen LogP contribution in [0.1, 0.15) is 18.4 Å². The van der Waals surface area contributed by atoms with Gasteiger partial charge in [0.1, 0.15) is 5.75 Å². The van der Waals surface area contributed by atoms with Crippen LogP contribution >= 0.6 is 15.9 Å². The number of benzene rings is 1. The molecular formula is C14H18BrF2N3O. The van der Waals surface area contributed by atoms with Gasteiger partial charge >= 0.3 is 6.61 Å². The number of alkyl halides is 2. The maximum absolute atomic E-state index is 12.4. The largest absolute Gasteiger partial charge is 0.434 e. The van der Waals surface area contributed by atoms with Crippen molar-refractivity contribution in [1.29, 1.82) is 0 Å². The summed E-state index contributed by atoms with van der Waals surface area (Å²) in [4.78, 5) is 4.11. The van der Waals surface area contributed by atoms with Gasteiger partial charge in [-0.3, -0.25) is 4.99 Å². The zero-order valence-electron chi connectivity index (χ0n) is 11.7. The molecule has 0 unspecified atom stereocenters. The zero-order valence-corrected chi connectivity index (χ0v) is 13.3. The third kappa shape index (κ3) is 5.49. The minimum atomic E-state index is -2.84. The number of nitrogens with zero attached hydrogens (tertiary/aromatic N) is 1. The molecule has 7 heteroatoms. The third-order valence-corrected chi connectivity index (χ3v) is 3.66. The van der Waals surface area contributed by atoms with Crippen LogP contribution in [0.4, 0.5) is 8.78 Å². The van der Waals surface area contributed by atoms with E-state index in [2.05, 4.69) is 36.3 Å². The number of halogens is 3. The molecule has 116 valence electrons. The predicted molar refractivity (Wildman–Crippen MR) is 81.7 cm³/mol. The van der Waals surface area contributed by atoms with Gasteiger partial charge in [0.2, 0.25) is 0 Å². The van der Waals surface area contributed by atoms with Crippen LogP contribution in [0.3, 0.4) is 0 Å². The third-order valence-electron chi connectivity index (χ3n) is 3.16. The number of guanidine groups is 1. The van der Waals surface area contributed by atoms with E-state index in [0.717, 1.165) is 16.9 Å². The second-order valence-corrected chi connectivity index (χ2v) is 5.80. The molecular weight excluding hydrogens is 344 g/mol. The molecule has 1 aliphatic carbocycles. The lowest BCUT2D eigenvalue weighted by atomic mass is 10.2. The molecule has 4 nitrogen and oxygen atoms in total. The van der Waals surface area contributed by atoms with Crippen molar-refractivity contribution in [3.05, 3.63) is 28.2 Å². The van der Waals surface area contributed by atoms with Gasteiger partial charge < -0.3 is 15.4 Å². The highest BCUT2D eigenvalue weighted by Crippen LogP contribution is 2.27. The van der Waals surface area contributed by atoms with E-state index in [9.17, 15) is 8.78 Å². The first-order chi connectivity index (χ1) is 10.1. The van der Waals surface area contributed by atoms with Gasteiger partial charge in [-0.15, -0.1) is 0 Å². The summed E-state index contributed by atoms with van der Waals surface area (Å²) in [6.45, 7) is -1.60. The maximum atomic E-state index is 12.4. The molecule has 21 heavy (non-hydrogen) atoms. The normalized spacial score (nSPS) is 15.2. The molecule has 0 amide bonds. The summed E-state index contributed by atoms with van der Waals surface area (Å²) in [5.41, 5.74) is 0.638. The lowest BCUT2D eigenvalue weighted by Crippen LogP contribution is -2.37. The highest BCUT2D eigenvalue weighted by Gasteiger charge is 2.21. The Bertz CT molecular complexity index is 507. The van der Waals surface area contributed by atoms with Crippen molar-refractivity contribution in [3.63, 3.8) is 0 Å². The topological polar surface area (TPSA) is 45.7 Å². The molecule has 1 aromatic rings. The smallest absolute Gasteiger partial charge is 0.387 e. The summed E-state index contributed by atoms with van der Waals surface area (Å²) < 4.78 is 30.1. The maximum Gasteiger partial charge on any atom is 0.387 e. The Morgan fingerprint density at radius 2 is 2.19 bits per heavy atom. The number of rotatable bonds is 6. The van der Waals surface area contributed by atoms with Gasteiger partial charge in [0.15, 0.2) is 5.96 Å². The summed E-state index contributed by atoms with van der Waals surface area (Å²) in [5, 5.41) is 6.32. The van der Waals surface area contributed by atoms with Gasteiger partial charge in [-0.1, -0.05) is 15.9 Å². The Morgan fingerprint density at radius 3 is 2.81 bits per heavy atom. The minimum absolute atomic E-state index is 0.165. The molecule has 0 radical (unpaired) electrons. The second kappa shape index (κ2) is 7.59. The van der Waals surface area contributed by atoms with E-state index in [1.807, 2.05) is 0 Å². The average molecular weight is 362 g/mol. The number of nitrogens with one attached hydrogen (secondary N) is 2. The van der Waals surface area contributed by atoms with E-state index < -0.39 is 6.61 Å². The first-order valence-corrected chi connectivity index (χ1v) is 7.55. The van der Waals surface area contributed by atoms with E-state index in [1.54, 1.807) is 19.2 Å². The Morgan fingerprint density at radius 1 is 1.43 bits per heavy atom. The zero-order chi connectivity index (χ0) is 15.2. The summed E-state index contributed by atoms with van der Waals surface area (Å²) in [7, 11) is 1.68. The Kier molecular flexibility index (Phi) is 5.78. The van der Waals surface area contributed by atoms with Crippen molar-refractivity contribution < 1.29 is 13.5 Å². The van der Waals surface area contributed by atoms with Gasteiger partial charge in [0.25, 0.3) is 0 Å². The monoisotopic (exact) mass is 361 g/mol. The molecule has 1 fully saturated rings. The fourth-order valence-corrected chi connectivity index (χ4v) is 2.27. The molecule has 2 rings (SSSR count). The lowest BCUT2D eigenvalue weighted by molar-refractivity contribution is -0.0504. The van der Waals surface area contributed by atoms with Crippen molar-refractivity contribution >= 4 is 21.9 Å². The SMILES string of the molecule is CN=C(NCc1cc(Br)ccc1OC(F)F)NCC1CC1. The molecule has 1 aromatic carbocycles. The Hall–Kier alpha value is -1.37.